The standard InChI is InChI=1S/C24H30N6O2/c1-17-21(10-11-24(31)27-19-8-7-9-20(14-19)32-3)18(2)30(28-17)23-15-22(25-16-26-23)29-12-5-4-6-13-29/h7-9,14-16H,4-6,10-13H2,1-3H3,(H,27,31). The minimum absolute atomic E-state index is 0.0424. The van der Waals surface area contributed by atoms with Gasteiger partial charge in [-0.05, 0) is 57.2 Å². The van der Waals surface area contributed by atoms with Gasteiger partial charge in [0, 0.05) is 43.0 Å². The van der Waals surface area contributed by atoms with Crippen LogP contribution in [0.4, 0.5) is 11.5 Å². The number of carbonyl (C=O) groups is 1. The molecule has 1 aliphatic rings. The summed E-state index contributed by atoms with van der Waals surface area (Å²) in [5.74, 6) is 2.37. The molecule has 168 valence electrons. The van der Waals surface area contributed by atoms with Crippen LogP contribution in [0.3, 0.4) is 0 Å². The monoisotopic (exact) mass is 434 g/mol. The highest BCUT2D eigenvalue weighted by molar-refractivity contribution is 5.91. The number of nitrogens with one attached hydrogen (secondary N) is 1. The van der Waals surface area contributed by atoms with E-state index in [-0.39, 0.29) is 5.91 Å². The van der Waals surface area contributed by atoms with Gasteiger partial charge in [-0.1, -0.05) is 6.07 Å². The van der Waals surface area contributed by atoms with Crippen LogP contribution in [0.5, 0.6) is 5.75 Å². The lowest BCUT2D eigenvalue weighted by molar-refractivity contribution is -0.116. The maximum Gasteiger partial charge on any atom is 0.224 e. The Morgan fingerprint density at radius 1 is 1.09 bits per heavy atom. The van der Waals surface area contributed by atoms with Crippen LogP contribution in [0.2, 0.25) is 0 Å². The lowest BCUT2D eigenvalue weighted by Gasteiger charge is -2.27. The molecule has 1 N–H and O–H groups in total. The Labute approximate surface area is 188 Å². The topological polar surface area (TPSA) is 85.2 Å². The molecule has 1 fully saturated rings. The molecule has 3 aromatic rings. The van der Waals surface area contributed by atoms with E-state index in [2.05, 4.69) is 20.2 Å². The zero-order valence-electron chi connectivity index (χ0n) is 19.0. The van der Waals surface area contributed by atoms with Gasteiger partial charge in [0.1, 0.15) is 17.9 Å². The smallest absolute Gasteiger partial charge is 0.224 e. The number of nitrogens with zero attached hydrogens (tertiary/aromatic N) is 5. The maximum atomic E-state index is 12.5. The average molecular weight is 435 g/mol. The van der Waals surface area contributed by atoms with E-state index in [9.17, 15) is 4.79 Å². The van der Waals surface area contributed by atoms with Crippen LogP contribution in [0.1, 0.15) is 42.6 Å². The van der Waals surface area contributed by atoms with Crippen molar-refractivity contribution >= 4 is 17.4 Å². The molecule has 1 aliphatic heterocycles. The SMILES string of the molecule is COc1cccc(NC(=O)CCc2c(C)nn(-c3cc(N4CCCCC4)ncn3)c2C)c1. The number of methoxy groups -OCH3 is 1. The predicted octanol–water partition coefficient (Wildman–Crippen LogP) is 3.85. The predicted molar refractivity (Wildman–Crippen MR) is 125 cm³/mol. The summed E-state index contributed by atoms with van der Waals surface area (Å²) in [4.78, 5) is 23.7. The molecule has 0 saturated carbocycles. The summed E-state index contributed by atoms with van der Waals surface area (Å²) in [5.41, 5.74) is 3.71. The van der Waals surface area contributed by atoms with Gasteiger partial charge < -0.3 is 15.0 Å². The molecule has 0 atom stereocenters. The third-order valence-electron chi connectivity index (χ3n) is 5.93. The first-order chi connectivity index (χ1) is 15.5. The van der Waals surface area contributed by atoms with E-state index in [1.54, 1.807) is 13.4 Å². The van der Waals surface area contributed by atoms with Crippen LogP contribution >= 0.6 is 0 Å². The van der Waals surface area contributed by atoms with Gasteiger partial charge in [0.15, 0.2) is 5.82 Å². The fraction of sp³-hybridized carbons (Fsp3) is 0.417. The van der Waals surface area contributed by atoms with E-state index in [0.717, 1.165) is 47.4 Å². The number of piperidine rings is 1. The molecular formula is C24H30N6O2. The van der Waals surface area contributed by atoms with Gasteiger partial charge in [-0.25, -0.2) is 14.6 Å². The maximum absolute atomic E-state index is 12.5. The van der Waals surface area contributed by atoms with E-state index in [4.69, 9.17) is 9.84 Å². The molecule has 0 spiro atoms. The minimum Gasteiger partial charge on any atom is -0.497 e. The van der Waals surface area contributed by atoms with Crippen molar-refractivity contribution in [2.45, 2.75) is 46.0 Å². The van der Waals surface area contributed by atoms with E-state index < -0.39 is 0 Å². The number of benzene rings is 1. The van der Waals surface area contributed by atoms with Crippen molar-refractivity contribution in [3.05, 3.63) is 53.6 Å². The van der Waals surface area contributed by atoms with Crippen LogP contribution in [0.15, 0.2) is 36.7 Å². The number of hydrogen-bond acceptors (Lipinski definition) is 6. The van der Waals surface area contributed by atoms with Crippen LogP contribution < -0.4 is 15.0 Å². The van der Waals surface area contributed by atoms with E-state index in [1.165, 1.54) is 19.3 Å². The summed E-state index contributed by atoms with van der Waals surface area (Å²) < 4.78 is 7.07. The molecule has 8 nitrogen and oxygen atoms in total. The van der Waals surface area contributed by atoms with Gasteiger partial charge in [-0.2, -0.15) is 5.10 Å². The molecule has 0 bridgehead atoms. The molecule has 32 heavy (non-hydrogen) atoms. The van der Waals surface area contributed by atoms with Gasteiger partial charge in [-0.15, -0.1) is 0 Å². The summed E-state index contributed by atoms with van der Waals surface area (Å²) in [7, 11) is 1.61. The molecule has 3 heterocycles. The van der Waals surface area contributed by atoms with Crippen molar-refractivity contribution in [1.82, 2.24) is 19.7 Å². The van der Waals surface area contributed by atoms with Crippen molar-refractivity contribution < 1.29 is 9.53 Å². The summed E-state index contributed by atoms with van der Waals surface area (Å²) in [5, 5.41) is 7.65. The lowest BCUT2D eigenvalue weighted by Crippen LogP contribution is -2.30. The van der Waals surface area contributed by atoms with Crippen molar-refractivity contribution in [2.24, 2.45) is 0 Å². The highest BCUT2D eigenvalue weighted by Gasteiger charge is 2.17. The molecule has 8 heteroatoms. The molecule has 1 saturated heterocycles. The lowest BCUT2D eigenvalue weighted by atomic mass is 10.1. The quantitative estimate of drug-likeness (QED) is 0.608. The molecular weight excluding hydrogens is 404 g/mol. The highest BCUT2D eigenvalue weighted by Crippen LogP contribution is 2.23. The second-order valence-electron chi connectivity index (χ2n) is 8.12. The van der Waals surface area contributed by atoms with Crippen molar-refractivity contribution in [1.29, 1.82) is 0 Å². The van der Waals surface area contributed by atoms with E-state index >= 15 is 0 Å². The van der Waals surface area contributed by atoms with E-state index in [0.29, 0.717) is 18.6 Å². The molecule has 0 radical (unpaired) electrons. The number of aromatic nitrogens is 4. The Balaban J connectivity index is 1.45. The van der Waals surface area contributed by atoms with Gasteiger partial charge >= 0.3 is 0 Å². The Kier molecular flexibility index (Phi) is 6.68. The zero-order chi connectivity index (χ0) is 22.5. The van der Waals surface area contributed by atoms with Gasteiger partial charge in [0.2, 0.25) is 5.91 Å². The second kappa shape index (κ2) is 9.80. The van der Waals surface area contributed by atoms with Crippen molar-refractivity contribution in [2.75, 3.05) is 30.4 Å². The first-order valence-electron chi connectivity index (χ1n) is 11.1. The van der Waals surface area contributed by atoms with Crippen molar-refractivity contribution in [3.63, 3.8) is 0 Å². The molecule has 2 aromatic heterocycles. The van der Waals surface area contributed by atoms with Gasteiger partial charge in [-0.3, -0.25) is 4.79 Å². The first-order valence-corrected chi connectivity index (χ1v) is 11.1. The fourth-order valence-corrected chi connectivity index (χ4v) is 4.17. The van der Waals surface area contributed by atoms with Crippen LogP contribution in [0, 0.1) is 13.8 Å². The molecule has 1 amide bonds. The summed E-state index contributed by atoms with van der Waals surface area (Å²) >= 11 is 0. The Hall–Kier alpha value is -3.42. The van der Waals surface area contributed by atoms with Gasteiger partial charge in [0.05, 0.1) is 12.8 Å². The van der Waals surface area contributed by atoms with Gasteiger partial charge in [0.25, 0.3) is 0 Å². The Bertz CT molecular complexity index is 1090. The first kappa shape index (κ1) is 21.8. The number of carbonyl (C=O) groups excluding carboxylic acids is 1. The van der Waals surface area contributed by atoms with Crippen LogP contribution in [0.25, 0.3) is 5.82 Å². The summed E-state index contributed by atoms with van der Waals surface area (Å²) in [6, 6.07) is 9.36. The number of anilines is 2. The second-order valence-corrected chi connectivity index (χ2v) is 8.12. The number of aryl methyl sites for hydroxylation is 1. The molecule has 0 unspecified atom stereocenters. The largest absolute Gasteiger partial charge is 0.497 e. The van der Waals surface area contributed by atoms with Crippen LogP contribution in [-0.2, 0) is 11.2 Å². The zero-order valence-corrected chi connectivity index (χ0v) is 19.0. The summed E-state index contributed by atoms with van der Waals surface area (Å²) in [6.45, 7) is 6.06. The number of ether oxygens (including phenoxy) is 1. The third-order valence-corrected chi connectivity index (χ3v) is 5.93. The Morgan fingerprint density at radius 2 is 1.88 bits per heavy atom. The highest BCUT2D eigenvalue weighted by atomic mass is 16.5. The average Bonchev–Trinajstić information content (AvgIpc) is 3.11. The normalized spacial score (nSPS) is 13.8. The molecule has 4 rings (SSSR count). The van der Waals surface area contributed by atoms with Crippen LogP contribution in [-0.4, -0.2) is 45.9 Å². The number of hydrogen-bond donors (Lipinski definition) is 1. The Morgan fingerprint density at radius 3 is 2.66 bits per heavy atom. The number of amides is 1. The minimum atomic E-state index is -0.0424. The number of rotatable bonds is 7. The molecule has 1 aromatic carbocycles. The molecule has 0 aliphatic carbocycles. The third kappa shape index (κ3) is 4.90. The van der Waals surface area contributed by atoms with Crippen molar-refractivity contribution in [3.8, 4) is 11.6 Å². The fourth-order valence-electron chi connectivity index (χ4n) is 4.17. The summed E-state index contributed by atoms with van der Waals surface area (Å²) in [6.07, 6.45) is 6.25. The van der Waals surface area contributed by atoms with E-state index in [1.807, 2.05) is 48.9 Å².